The largest absolute Gasteiger partial charge is 0.507 e. The van der Waals surface area contributed by atoms with Crippen molar-refractivity contribution in [2.45, 2.75) is 271 Å². The molecule has 41 heteroatoms. The number of benzene rings is 6. The molecule has 23 N–H and O–H groups in total. The normalized spacial score (nSPS) is 25.8. The van der Waals surface area contributed by atoms with Gasteiger partial charge in [-0.1, -0.05) is 108 Å². The number of aliphatic hydroxyl groups excluding tert-OH is 6. The number of nitrogens with one attached hydrogen (secondary N) is 11. The van der Waals surface area contributed by atoms with E-state index in [1.165, 1.54) is 58.9 Å². The van der Waals surface area contributed by atoms with Crippen LogP contribution in [-0.4, -0.2) is 225 Å². The van der Waals surface area contributed by atoms with Crippen LogP contribution in [0.5, 0.6) is 46.0 Å². The van der Waals surface area contributed by atoms with Gasteiger partial charge in [-0.25, -0.2) is 22.7 Å². The van der Waals surface area contributed by atoms with Crippen molar-refractivity contribution >= 4 is 75.0 Å². The lowest BCUT2D eigenvalue weighted by Gasteiger charge is -2.48. The van der Waals surface area contributed by atoms with Crippen molar-refractivity contribution in [1.82, 2.24) is 57.9 Å². The Balaban J connectivity index is 0.956. The molecule has 0 unspecified atom stereocenters. The van der Waals surface area contributed by atoms with Crippen molar-refractivity contribution in [2.24, 2.45) is 11.7 Å². The van der Waals surface area contributed by atoms with Gasteiger partial charge in [0.15, 0.2) is 29.9 Å². The number of aryl methyl sites for hydroxylation is 2. The number of carboxylic acids is 1. The minimum Gasteiger partial charge on any atom is -0.507 e. The van der Waals surface area contributed by atoms with Gasteiger partial charge in [0, 0.05) is 42.2 Å². The average molecular weight is 1890 g/mol. The first-order chi connectivity index (χ1) is 63.3. The molecule has 7 heterocycles. The van der Waals surface area contributed by atoms with Gasteiger partial charge in [-0.15, -0.1) is 0 Å². The second kappa shape index (κ2) is 44.4. The zero-order chi connectivity index (χ0) is 96.2. The number of amides is 9. The smallest absolute Gasteiger partial charge is 0.330 e. The van der Waals surface area contributed by atoms with E-state index in [2.05, 4.69) is 64.8 Å². The maximum absolute atomic E-state index is 16.5. The van der Waals surface area contributed by atoms with Gasteiger partial charge < -0.3 is 138 Å². The summed E-state index contributed by atoms with van der Waals surface area (Å²) in [6.45, 7) is 9.34. The van der Waals surface area contributed by atoms with Gasteiger partial charge in [0.05, 0.1) is 46.2 Å². The summed E-state index contributed by atoms with van der Waals surface area (Å²) in [7, 11) is -2.32. The molecule has 8 aliphatic rings. The van der Waals surface area contributed by atoms with Gasteiger partial charge in [0.1, 0.15) is 95.6 Å². The number of urea groups is 1. The van der Waals surface area contributed by atoms with Crippen LogP contribution in [0.25, 0.3) is 11.1 Å². The second-order valence-electron chi connectivity index (χ2n) is 35.2. The number of aliphatic hydroxyl groups is 6. The van der Waals surface area contributed by atoms with Gasteiger partial charge in [0.2, 0.25) is 63.4 Å². The Morgan fingerprint density at radius 3 is 1.98 bits per heavy atom. The van der Waals surface area contributed by atoms with Gasteiger partial charge in [-0.2, -0.15) is 0 Å². The van der Waals surface area contributed by atoms with E-state index in [9.17, 15) is 78.7 Å². The molecule has 3 fully saturated rings. The highest BCUT2D eigenvalue weighted by molar-refractivity contribution is 7.89. The Morgan fingerprint density at radius 1 is 0.684 bits per heavy atom. The lowest BCUT2D eigenvalue weighted by Crippen LogP contribution is -2.67. The molecule has 1 aliphatic carbocycles. The van der Waals surface area contributed by atoms with E-state index in [1.54, 1.807) is 12.1 Å². The number of hydrogen-bond acceptors (Lipinski definition) is 28. The molecule has 2 saturated heterocycles. The predicted molar refractivity (Wildman–Crippen MR) is 478 cm³/mol. The third-order valence-electron chi connectivity index (χ3n) is 24.5. The number of ether oxygens (including phenoxy) is 6. The van der Waals surface area contributed by atoms with Crippen molar-refractivity contribution < 1.29 is 131 Å². The molecule has 39 nitrogen and oxygen atoms in total. The highest BCUT2D eigenvalue weighted by Crippen LogP contribution is 2.51. The fourth-order valence-corrected chi connectivity index (χ4v) is 18.2. The summed E-state index contributed by atoms with van der Waals surface area (Å²) in [5.41, 5.74) is 2.35. The number of primary amides is 1. The van der Waals surface area contributed by atoms with Crippen molar-refractivity contribution in [2.75, 3.05) is 26.7 Å². The van der Waals surface area contributed by atoms with E-state index in [4.69, 9.17) is 45.8 Å². The number of nitrogens with two attached hydrogens (primary N) is 1. The summed E-state index contributed by atoms with van der Waals surface area (Å²) in [5.74, 6) is -15.9. The third kappa shape index (κ3) is 24.5. The van der Waals surface area contributed by atoms with E-state index in [0.29, 0.717) is 25.7 Å². The number of aromatic hydroxyl groups is 3. The number of hydrogen-bond donors (Lipinski definition) is 22. The van der Waals surface area contributed by atoms with Crippen molar-refractivity contribution in [3.8, 4) is 57.1 Å². The Morgan fingerprint density at radius 2 is 1.32 bits per heavy atom. The lowest BCUT2D eigenvalue weighted by atomic mass is 9.85. The first kappa shape index (κ1) is 101. The predicted octanol–water partition coefficient (Wildman–Crippen LogP) is 4.80. The molecule has 133 heavy (non-hydrogen) atoms. The quantitative estimate of drug-likeness (QED) is 0.0246. The first-order valence-electron chi connectivity index (χ1n) is 44.7. The first-order valence-corrected chi connectivity index (χ1v) is 46.5. The molecule has 14 rings (SSSR count). The molecule has 7 aliphatic heterocycles. The number of aliphatic carboxylic acids is 1. The van der Waals surface area contributed by atoms with Crippen molar-refractivity contribution in [3.05, 3.63) is 147 Å². The van der Waals surface area contributed by atoms with Crippen LogP contribution in [0.15, 0.2) is 102 Å². The Labute approximate surface area is 773 Å². The lowest BCUT2D eigenvalue weighted by molar-refractivity contribution is -0.334. The molecular weight excluding hydrogens is 1770 g/mol. The number of carbonyl (C=O) groups is 9. The van der Waals surface area contributed by atoms with Crippen LogP contribution in [0.4, 0.5) is 4.79 Å². The zero-order valence-electron chi connectivity index (χ0n) is 74.6. The number of sulfonamides is 1. The van der Waals surface area contributed by atoms with E-state index in [0.717, 1.165) is 105 Å². The van der Waals surface area contributed by atoms with Gasteiger partial charge >= 0.3 is 12.0 Å². The Kier molecular flexibility index (Phi) is 33.7. The number of carboxylic acid groups (broad SMARTS) is 1. The van der Waals surface area contributed by atoms with Crippen LogP contribution in [0.2, 0.25) is 5.02 Å². The van der Waals surface area contributed by atoms with Crippen LogP contribution in [0.1, 0.15) is 206 Å². The zero-order valence-corrected chi connectivity index (χ0v) is 76.2. The molecule has 6 aromatic rings. The highest BCUT2D eigenvalue weighted by atomic mass is 35.5. The molecule has 0 spiro atoms. The minimum atomic E-state index is -3.81. The third-order valence-corrected chi connectivity index (χ3v) is 26.3. The Hall–Kier alpha value is -11.1. The molecule has 1 saturated carbocycles. The average Bonchev–Trinajstić information content (AvgIpc) is 1.60. The molecule has 0 radical (unpaired) electrons. The van der Waals surface area contributed by atoms with E-state index in [-0.39, 0.29) is 82.9 Å². The van der Waals surface area contributed by atoms with Crippen LogP contribution in [0, 0.1) is 12.8 Å². The number of unbranched alkanes of at least 4 members (excludes halogenated alkanes) is 8. The summed E-state index contributed by atoms with van der Waals surface area (Å²) in [4.78, 5) is 134. The summed E-state index contributed by atoms with van der Waals surface area (Å²) < 4.78 is 68.6. The number of phenols is 3. The van der Waals surface area contributed by atoms with Crippen molar-refractivity contribution in [3.63, 3.8) is 0 Å². The van der Waals surface area contributed by atoms with Gasteiger partial charge in [0.25, 0.3) is 0 Å². The number of likely N-dealkylation sites (N-methyl/N-ethyl adjacent to an activating group) is 1. The molecule has 9 amide bonds. The van der Waals surface area contributed by atoms with E-state index in [1.807, 2.05) is 26.0 Å². The van der Waals surface area contributed by atoms with Crippen molar-refractivity contribution in [1.29, 1.82) is 0 Å². The number of fused-ring (bicyclic) bond motifs is 15. The maximum Gasteiger partial charge on any atom is 0.330 e. The number of rotatable bonds is 33. The molecule has 11 bridgehead atoms. The molecule has 0 aromatic heterocycles. The topological polar surface area (TPSA) is 604 Å². The fraction of sp³-hybridized carbons (Fsp3) is 0.511. The van der Waals surface area contributed by atoms with Crippen LogP contribution >= 0.6 is 11.6 Å². The molecule has 722 valence electrons. The van der Waals surface area contributed by atoms with E-state index < -0.39 is 253 Å². The van der Waals surface area contributed by atoms with Gasteiger partial charge in [-0.05, 0) is 185 Å². The van der Waals surface area contributed by atoms with Gasteiger partial charge in [-0.3, -0.25) is 33.6 Å². The van der Waals surface area contributed by atoms with E-state index >= 15 is 24.0 Å². The summed E-state index contributed by atoms with van der Waals surface area (Å²) in [6, 6.07) is 5.03. The Bertz CT molecular complexity index is 5370. The fourth-order valence-electron chi connectivity index (χ4n) is 16.9. The second-order valence-corrected chi connectivity index (χ2v) is 37.4. The SMILES string of the molecule is CCCCCCCCc1ccc(S(=O)(=O)NCCCCCCNCc2c(O)cc3c(c2O)-c2cc(ccc2O)[C@H]2NC(=O)[C@@H]4NC(=O)[C@H](CC(N)=O)NC(=O)[C@H](NC(=O)[C@@H](CC(C)C)NC)[C@H](O)c5ccc(c(C)c5)Oc5cc4cc(c5O[C@@H]4O[C@H](CO)[C@@H](O)[C@H](O)[C@H]4O[C@H]4C[C@](C)(NC(=O)NC5CC5)[C@H](O)[C@H](C)O4)Oc4ccc(cc4Cl)[C@@H](O)[C@H](NC2=O)C(=O)N[C@@H]3C(=O)O)cc1. The number of phenolic OH excluding ortho intramolecular Hbond substituents is 3. The van der Waals surface area contributed by atoms with Crippen LogP contribution < -0.4 is 77.8 Å². The maximum atomic E-state index is 16.5. The summed E-state index contributed by atoms with van der Waals surface area (Å²) in [5, 5.41) is 146. The number of halogens is 1. The molecular formula is C92H119ClN12O27S. The highest BCUT2D eigenvalue weighted by Gasteiger charge is 2.53. The molecule has 18 atom stereocenters. The standard InChI is InChI=1S/C92H119ClN12O27S/c1-8-9-10-11-12-15-18-47-19-26-53(27-20-47)133(125,126)97-32-17-14-13-16-31-96-42-56-61(108)39-55-69(77(56)112)54-35-48(21-28-60(54)107)70-85(118)104-74(88(121)102-72(55)89(122)123)76(111)50-23-30-63(57(93)36-50)129-65-38-51-37-64(80(65)132-90-81(79(114)78(113)66(43-106)130-90)131-68-41-92(6,82(115)46(5)127-68)105-91(124)98-52-24-25-52)128-62-29-22-49(34-45(62)4)75(110)73(103-83(116)58(95-7)33-44(2)3)87(120)99-59(40-67(94)109)84(117)100-71(51)86(119)101-70/h19-23,26-30,34-39,44,46,52,58-59,66,68,70-76,78-79,81-82,90,95-97,106-108,110-115H,8-18,24-25,31-33,40-43H2,1-7H3,(H2,94,109)(H,99,120)(H,100,117)(H,101,119)(H,102,121)(H,103,116)(H,104,118)(H,122,123)(H2,98,105,124)/t46-,58+,59-,66+,68-,70+,71+,72-,73+,74-,75+,76+,78+,79-,81+,82+,90-,92-/m0/s1. The summed E-state index contributed by atoms with van der Waals surface area (Å²) in [6.07, 6.45) is -8.16. The minimum absolute atomic E-state index is 0.0554. The summed E-state index contributed by atoms with van der Waals surface area (Å²) >= 11 is 7.21. The van der Waals surface area contributed by atoms with Crippen LogP contribution in [-0.2, 0) is 75.6 Å². The molecule has 6 aromatic carbocycles. The van der Waals surface area contributed by atoms with Crippen LogP contribution in [0.3, 0.4) is 0 Å². The monoisotopic (exact) mass is 1890 g/mol. The number of carbonyl (C=O) groups excluding carboxylic acids is 8.